The van der Waals surface area contributed by atoms with E-state index < -0.39 is 0 Å². The van der Waals surface area contributed by atoms with E-state index in [0.29, 0.717) is 0 Å². The fourth-order valence-electron chi connectivity index (χ4n) is 3.24. The van der Waals surface area contributed by atoms with Gasteiger partial charge in [-0.2, -0.15) is 0 Å². The molecule has 0 unspecified atom stereocenters. The Kier molecular flexibility index (Phi) is 3.70. The maximum atomic E-state index is 3.60. The molecule has 1 saturated heterocycles. The van der Waals surface area contributed by atoms with Crippen molar-refractivity contribution in [1.82, 2.24) is 5.32 Å². The average molecular weight is 330 g/mol. The van der Waals surface area contributed by atoms with Crippen molar-refractivity contribution in [3.05, 3.63) is 69.2 Å². The lowest BCUT2D eigenvalue weighted by molar-refractivity contribution is 0.274. The Balaban J connectivity index is 1.93. The van der Waals surface area contributed by atoms with Crippen molar-refractivity contribution in [2.75, 3.05) is 13.1 Å². The summed E-state index contributed by atoms with van der Waals surface area (Å²) in [6, 6.07) is 15.7. The fourth-order valence-corrected chi connectivity index (χ4v) is 3.64. The summed E-state index contributed by atoms with van der Waals surface area (Å²) >= 11 is 3.60. The van der Waals surface area contributed by atoms with Gasteiger partial charge in [-0.15, -0.1) is 0 Å². The molecule has 1 nitrogen and oxygen atoms in total. The highest BCUT2D eigenvalue weighted by atomic mass is 79.9. The topological polar surface area (TPSA) is 12.0 Å². The SMILES string of the molecule is Cc1cc(C)cc(CC2(c3cccc(Br)c3)CNC2)c1. The molecule has 1 N–H and O–H groups in total. The van der Waals surface area contributed by atoms with Gasteiger partial charge in [0.1, 0.15) is 0 Å². The molecular formula is C18H20BrN. The molecule has 104 valence electrons. The Morgan fingerprint density at radius 1 is 1.05 bits per heavy atom. The van der Waals surface area contributed by atoms with E-state index in [1.165, 1.54) is 26.7 Å². The molecule has 0 bridgehead atoms. The summed E-state index contributed by atoms with van der Waals surface area (Å²) in [6.45, 7) is 6.50. The number of hydrogen-bond donors (Lipinski definition) is 1. The molecule has 1 aliphatic rings. The first-order valence-corrected chi connectivity index (χ1v) is 7.91. The van der Waals surface area contributed by atoms with Crippen LogP contribution in [0.15, 0.2) is 46.9 Å². The van der Waals surface area contributed by atoms with Crippen molar-refractivity contribution >= 4 is 15.9 Å². The smallest absolute Gasteiger partial charge is 0.0243 e. The van der Waals surface area contributed by atoms with Gasteiger partial charge in [0.15, 0.2) is 0 Å². The molecule has 2 heteroatoms. The predicted octanol–water partition coefficient (Wildman–Crippen LogP) is 4.15. The number of halogens is 1. The van der Waals surface area contributed by atoms with Crippen molar-refractivity contribution in [2.45, 2.75) is 25.7 Å². The summed E-state index contributed by atoms with van der Waals surface area (Å²) < 4.78 is 1.17. The second kappa shape index (κ2) is 5.34. The van der Waals surface area contributed by atoms with Gasteiger partial charge in [0.2, 0.25) is 0 Å². The quantitative estimate of drug-likeness (QED) is 0.891. The average Bonchev–Trinajstić information content (AvgIpc) is 2.32. The largest absolute Gasteiger partial charge is 0.315 e. The van der Waals surface area contributed by atoms with Gasteiger partial charge in [-0.1, -0.05) is 57.4 Å². The first-order chi connectivity index (χ1) is 9.57. The zero-order valence-electron chi connectivity index (χ0n) is 12.0. The van der Waals surface area contributed by atoms with Gasteiger partial charge in [0, 0.05) is 23.0 Å². The highest BCUT2D eigenvalue weighted by molar-refractivity contribution is 9.10. The molecule has 20 heavy (non-hydrogen) atoms. The summed E-state index contributed by atoms with van der Waals surface area (Å²) in [5, 5.41) is 3.45. The molecule has 2 aromatic carbocycles. The fraction of sp³-hybridized carbons (Fsp3) is 0.333. The molecule has 1 aliphatic heterocycles. The Labute approximate surface area is 129 Å². The molecule has 0 atom stereocenters. The summed E-state index contributed by atoms with van der Waals surface area (Å²) in [4.78, 5) is 0. The predicted molar refractivity (Wildman–Crippen MR) is 88.3 cm³/mol. The normalized spacial score (nSPS) is 16.8. The summed E-state index contributed by atoms with van der Waals surface area (Å²) in [5.74, 6) is 0. The van der Waals surface area contributed by atoms with Crippen LogP contribution in [0.25, 0.3) is 0 Å². The summed E-state index contributed by atoms with van der Waals surface area (Å²) in [6.07, 6.45) is 1.11. The minimum Gasteiger partial charge on any atom is -0.315 e. The molecule has 0 amide bonds. The number of rotatable bonds is 3. The second-order valence-electron chi connectivity index (χ2n) is 6.07. The van der Waals surface area contributed by atoms with Crippen LogP contribution in [0, 0.1) is 13.8 Å². The lowest BCUT2D eigenvalue weighted by Gasteiger charge is -2.43. The van der Waals surface area contributed by atoms with Crippen LogP contribution in [0.3, 0.4) is 0 Å². The molecule has 0 radical (unpaired) electrons. The van der Waals surface area contributed by atoms with Gasteiger partial charge in [0.05, 0.1) is 0 Å². The number of benzene rings is 2. The van der Waals surface area contributed by atoms with E-state index in [2.05, 4.69) is 77.6 Å². The van der Waals surface area contributed by atoms with Crippen molar-refractivity contribution < 1.29 is 0 Å². The van der Waals surface area contributed by atoms with E-state index in [-0.39, 0.29) is 5.41 Å². The van der Waals surface area contributed by atoms with Crippen LogP contribution in [0.2, 0.25) is 0 Å². The number of nitrogens with one attached hydrogen (secondary N) is 1. The van der Waals surface area contributed by atoms with E-state index in [1.54, 1.807) is 0 Å². The Morgan fingerprint density at radius 3 is 2.30 bits per heavy atom. The minimum atomic E-state index is 0.254. The molecule has 0 aromatic heterocycles. The lowest BCUT2D eigenvalue weighted by atomic mass is 9.71. The number of hydrogen-bond acceptors (Lipinski definition) is 1. The van der Waals surface area contributed by atoms with Crippen LogP contribution in [0.4, 0.5) is 0 Å². The van der Waals surface area contributed by atoms with Gasteiger partial charge >= 0.3 is 0 Å². The van der Waals surface area contributed by atoms with E-state index in [4.69, 9.17) is 0 Å². The third-order valence-electron chi connectivity index (χ3n) is 4.19. The van der Waals surface area contributed by atoms with Crippen molar-refractivity contribution in [1.29, 1.82) is 0 Å². The molecule has 2 aromatic rings. The molecule has 3 rings (SSSR count). The highest BCUT2D eigenvalue weighted by Crippen LogP contribution is 2.34. The first kappa shape index (κ1) is 13.8. The Hall–Kier alpha value is -1.12. The lowest BCUT2D eigenvalue weighted by Crippen LogP contribution is -2.58. The monoisotopic (exact) mass is 329 g/mol. The maximum Gasteiger partial charge on any atom is 0.0243 e. The molecule has 0 saturated carbocycles. The third-order valence-corrected chi connectivity index (χ3v) is 4.68. The van der Waals surface area contributed by atoms with Gasteiger partial charge in [0.25, 0.3) is 0 Å². The van der Waals surface area contributed by atoms with Crippen LogP contribution in [-0.2, 0) is 11.8 Å². The Morgan fingerprint density at radius 2 is 1.75 bits per heavy atom. The van der Waals surface area contributed by atoms with Crippen molar-refractivity contribution in [3.8, 4) is 0 Å². The van der Waals surface area contributed by atoms with E-state index in [9.17, 15) is 0 Å². The van der Waals surface area contributed by atoms with Crippen molar-refractivity contribution in [3.63, 3.8) is 0 Å². The van der Waals surface area contributed by atoms with Gasteiger partial charge in [-0.3, -0.25) is 0 Å². The standard InChI is InChI=1S/C18H20BrN/c1-13-6-14(2)8-15(7-13)10-18(11-20-12-18)16-4-3-5-17(19)9-16/h3-9,20H,10-12H2,1-2H3. The van der Waals surface area contributed by atoms with Crippen LogP contribution >= 0.6 is 15.9 Å². The van der Waals surface area contributed by atoms with Crippen LogP contribution in [0.1, 0.15) is 22.3 Å². The van der Waals surface area contributed by atoms with Crippen molar-refractivity contribution in [2.24, 2.45) is 0 Å². The van der Waals surface area contributed by atoms with Gasteiger partial charge in [-0.25, -0.2) is 0 Å². The molecule has 1 heterocycles. The second-order valence-corrected chi connectivity index (χ2v) is 6.98. The molecule has 0 spiro atoms. The molecule has 0 aliphatic carbocycles. The first-order valence-electron chi connectivity index (χ1n) is 7.11. The number of aryl methyl sites for hydroxylation is 2. The maximum absolute atomic E-state index is 3.60. The summed E-state index contributed by atoms with van der Waals surface area (Å²) in [5.41, 5.74) is 5.85. The zero-order valence-corrected chi connectivity index (χ0v) is 13.6. The van der Waals surface area contributed by atoms with Crippen LogP contribution < -0.4 is 5.32 Å². The summed E-state index contributed by atoms with van der Waals surface area (Å²) in [7, 11) is 0. The van der Waals surface area contributed by atoms with E-state index in [1.807, 2.05) is 0 Å². The van der Waals surface area contributed by atoms with Crippen LogP contribution in [-0.4, -0.2) is 13.1 Å². The highest BCUT2D eigenvalue weighted by Gasteiger charge is 2.38. The Bertz CT molecular complexity index is 609. The minimum absolute atomic E-state index is 0.254. The zero-order chi connectivity index (χ0) is 14.2. The third kappa shape index (κ3) is 2.68. The van der Waals surface area contributed by atoms with Gasteiger partial charge in [-0.05, 0) is 43.5 Å². The van der Waals surface area contributed by atoms with Gasteiger partial charge < -0.3 is 5.32 Å². The molecule has 1 fully saturated rings. The molecular weight excluding hydrogens is 310 g/mol. The van der Waals surface area contributed by atoms with E-state index in [0.717, 1.165) is 19.5 Å². The van der Waals surface area contributed by atoms with E-state index >= 15 is 0 Å². The van der Waals surface area contributed by atoms with Crippen LogP contribution in [0.5, 0.6) is 0 Å².